The number of ether oxygens (including phenoxy) is 1. The van der Waals surface area contributed by atoms with Crippen LogP contribution in [0.15, 0.2) is 17.5 Å². The molecular weight excluding hydrogens is 370 g/mol. The number of unbranched alkanes of at least 4 members (excludes halogenated alkanes) is 12. The second kappa shape index (κ2) is 16.6. The van der Waals surface area contributed by atoms with Crippen molar-refractivity contribution < 1.29 is 14.3 Å². The van der Waals surface area contributed by atoms with E-state index >= 15 is 0 Å². The first-order chi connectivity index (χ1) is 13.6. The van der Waals surface area contributed by atoms with Crippen LogP contribution >= 0.6 is 11.3 Å². The van der Waals surface area contributed by atoms with Gasteiger partial charge < -0.3 is 10.1 Å². The number of carbonyl (C=O) groups is 2. The summed E-state index contributed by atoms with van der Waals surface area (Å²) in [5, 5.41) is 4.52. The Hall–Kier alpha value is -1.36. The molecule has 0 aromatic carbocycles. The molecular formula is C23H39NO3S. The van der Waals surface area contributed by atoms with E-state index in [0.717, 1.165) is 12.8 Å². The molecule has 1 unspecified atom stereocenters. The molecule has 5 heteroatoms. The summed E-state index contributed by atoms with van der Waals surface area (Å²) < 4.78 is 5.27. The Morgan fingerprint density at radius 2 is 1.46 bits per heavy atom. The minimum absolute atomic E-state index is 0.222. The molecule has 160 valence electrons. The van der Waals surface area contributed by atoms with Crippen LogP contribution in [0.25, 0.3) is 0 Å². The van der Waals surface area contributed by atoms with Crippen LogP contribution in [-0.2, 0) is 9.53 Å². The monoisotopic (exact) mass is 409 g/mol. The van der Waals surface area contributed by atoms with Crippen LogP contribution in [0, 0.1) is 0 Å². The number of carbonyl (C=O) groups excluding carboxylic acids is 2. The highest BCUT2D eigenvalue weighted by Gasteiger charge is 2.18. The lowest BCUT2D eigenvalue weighted by atomic mass is 10.0. The zero-order chi connectivity index (χ0) is 20.5. The zero-order valence-corrected chi connectivity index (χ0v) is 18.7. The Morgan fingerprint density at radius 3 is 1.96 bits per heavy atom. The number of hydrogen-bond acceptors (Lipinski definition) is 4. The Kier molecular flexibility index (Phi) is 14.6. The first-order valence-corrected chi connectivity index (χ1v) is 12.0. The second-order valence-electron chi connectivity index (χ2n) is 7.58. The van der Waals surface area contributed by atoms with Crippen LogP contribution in [0.5, 0.6) is 0 Å². The third-order valence-corrected chi connectivity index (χ3v) is 5.81. The third kappa shape index (κ3) is 12.2. The predicted octanol–water partition coefficient (Wildman–Crippen LogP) is 6.50. The van der Waals surface area contributed by atoms with Crippen molar-refractivity contribution >= 4 is 23.2 Å². The Morgan fingerprint density at radius 1 is 0.929 bits per heavy atom. The molecule has 0 fully saturated rings. The summed E-state index contributed by atoms with van der Waals surface area (Å²) in [7, 11) is 0. The standard InChI is InChI=1S/C23H39NO3S/c1-3-4-5-6-7-8-9-10-11-12-13-14-15-18-27-23(26)20(2)24-22(25)21-17-16-19-28-21/h16-17,19-20H,3-15,18H2,1-2H3,(H,24,25). The van der Waals surface area contributed by atoms with Crippen molar-refractivity contribution in [1.29, 1.82) is 0 Å². The van der Waals surface area contributed by atoms with Crippen molar-refractivity contribution in [2.24, 2.45) is 0 Å². The molecule has 0 aliphatic carbocycles. The third-order valence-electron chi connectivity index (χ3n) is 4.94. The molecule has 0 spiro atoms. The van der Waals surface area contributed by atoms with Crippen LogP contribution < -0.4 is 5.32 Å². The lowest BCUT2D eigenvalue weighted by Crippen LogP contribution is -2.39. The first-order valence-electron chi connectivity index (χ1n) is 11.2. The molecule has 4 nitrogen and oxygen atoms in total. The summed E-state index contributed by atoms with van der Waals surface area (Å²) in [6.45, 7) is 4.37. The topological polar surface area (TPSA) is 55.4 Å². The normalized spacial score (nSPS) is 11.9. The van der Waals surface area contributed by atoms with Crippen LogP contribution in [0.4, 0.5) is 0 Å². The second-order valence-corrected chi connectivity index (χ2v) is 8.53. The van der Waals surface area contributed by atoms with Crippen LogP contribution in [0.1, 0.15) is 107 Å². The largest absolute Gasteiger partial charge is 0.464 e. The van der Waals surface area contributed by atoms with E-state index in [1.165, 1.54) is 82.0 Å². The highest BCUT2D eigenvalue weighted by molar-refractivity contribution is 7.12. The Balaban J connectivity index is 1.88. The highest BCUT2D eigenvalue weighted by Crippen LogP contribution is 2.12. The van der Waals surface area contributed by atoms with Crippen molar-refractivity contribution in [3.63, 3.8) is 0 Å². The van der Waals surface area contributed by atoms with Gasteiger partial charge in [-0.25, -0.2) is 4.79 Å². The van der Waals surface area contributed by atoms with E-state index in [4.69, 9.17) is 4.74 Å². The number of amides is 1. The van der Waals surface area contributed by atoms with Crippen molar-refractivity contribution in [3.05, 3.63) is 22.4 Å². The number of nitrogens with one attached hydrogen (secondary N) is 1. The molecule has 0 aliphatic heterocycles. The summed E-state index contributed by atoms with van der Waals surface area (Å²) in [5.41, 5.74) is 0. The van der Waals surface area contributed by atoms with Gasteiger partial charge in [-0.3, -0.25) is 4.79 Å². The van der Waals surface area contributed by atoms with Gasteiger partial charge in [-0.05, 0) is 24.8 Å². The first kappa shape index (κ1) is 24.7. The smallest absolute Gasteiger partial charge is 0.328 e. The summed E-state index contributed by atoms with van der Waals surface area (Å²) in [5.74, 6) is -0.579. The molecule has 1 aromatic heterocycles. The molecule has 0 bridgehead atoms. The maximum Gasteiger partial charge on any atom is 0.328 e. The maximum atomic E-state index is 11.9. The van der Waals surface area contributed by atoms with E-state index in [2.05, 4.69) is 12.2 Å². The number of rotatable bonds is 17. The van der Waals surface area contributed by atoms with Crippen molar-refractivity contribution in [1.82, 2.24) is 5.32 Å². The minimum atomic E-state index is -0.614. The fourth-order valence-electron chi connectivity index (χ4n) is 3.15. The van der Waals surface area contributed by atoms with E-state index in [0.29, 0.717) is 11.5 Å². The predicted molar refractivity (Wildman–Crippen MR) is 118 cm³/mol. The SMILES string of the molecule is CCCCCCCCCCCCCCCOC(=O)C(C)NC(=O)c1cccs1. The number of hydrogen-bond donors (Lipinski definition) is 1. The molecule has 1 amide bonds. The van der Waals surface area contributed by atoms with Gasteiger partial charge in [0.1, 0.15) is 6.04 Å². The quantitative estimate of drug-likeness (QED) is 0.236. The van der Waals surface area contributed by atoms with Gasteiger partial charge in [-0.2, -0.15) is 0 Å². The van der Waals surface area contributed by atoms with E-state index in [1.807, 2.05) is 11.4 Å². The van der Waals surface area contributed by atoms with E-state index in [-0.39, 0.29) is 11.9 Å². The average Bonchev–Trinajstić information content (AvgIpc) is 3.23. The minimum Gasteiger partial charge on any atom is -0.464 e. The fraction of sp³-hybridized carbons (Fsp3) is 0.739. The fourth-order valence-corrected chi connectivity index (χ4v) is 3.78. The van der Waals surface area contributed by atoms with Crippen molar-refractivity contribution in [2.45, 2.75) is 103 Å². The van der Waals surface area contributed by atoms with E-state index in [9.17, 15) is 9.59 Å². The van der Waals surface area contributed by atoms with Crippen LogP contribution in [0.2, 0.25) is 0 Å². The lowest BCUT2D eigenvalue weighted by Gasteiger charge is -2.12. The maximum absolute atomic E-state index is 11.9. The van der Waals surface area contributed by atoms with Crippen LogP contribution in [0.3, 0.4) is 0 Å². The molecule has 1 atom stereocenters. The highest BCUT2D eigenvalue weighted by atomic mass is 32.1. The van der Waals surface area contributed by atoms with Gasteiger partial charge in [-0.1, -0.05) is 90.0 Å². The Labute approximate surface area is 175 Å². The Bertz CT molecular complexity index is 516. The molecule has 1 aromatic rings. The van der Waals surface area contributed by atoms with E-state index in [1.54, 1.807) is 13.0 Å². The van der Waals surface area contributed by atoms with E-state index < -0.39 is 6.04 Å². The molecule has 1 rings (SSSR count). The van der Waals surface area contributed by atoms with Gasteiger partial charge >= 0.3 is 5.97 Å². The summed E-state index contributed by atoms with van der Waals surface area (Å²) >= 11 is 1.36. The summed E-state index contributed by atoms with van der Waals surface area (Å²) in [6.07, 6.45) is 16.8. The van der Waals surface area contributed by atoms with Gasteiger partial charge in [0.05, 0.1) is 11.5 Å². The summed E-state index contributed by atoms with van der Waals surface area (Å²) in [4.78, 5) is 24.5. The molecule has 0 saturated carbocycles. The zero-order valence-electron chi connectivity index (χ0n) is 17.8. The van der Waals surface area contributed by atoms with Gasteiger partial charge in [0, 0.05) is 0 Å². The van der Waals surface area contributed by atoms with Gasteiger partial charge in [0.25, 0.3) is 5.91 Å². The average molecular weight is 410 g/mol. The molecule has 1 N–H and O–H groups in total. The van der Waals surface area contributed by atoms with Gasteiger partial charge in [0.15, 0.2) is 0 Å². The molecule has 1 heterocycles. The molecule has 0 radical (unpaired) electrons. The molecule has 28 heavy (non-hydrogen) atoms. The van der Waals surface area contributed by atoms with Crippen LogP contribution in [-0.4, -0.2) is 24.5 Å². The number of thiophene rings is 1. The summed E-state index contributed by atoms with van der Waals surface area (Å²) in [6, 6.07) is 2.94. The lowest BCUT2D eigenvalue weighted by molar-refractivity contribution is -0.145. The molecule has 0 aliphatic rings. The molecule has 0 saturated heterocycles. The van der Waals surface area contributed by atoms with Gasteiger partial charge in [0.2, 0.25) is 0 Å². The van der Waals surface area contributed by atoms with Crippen molar-refractivity contribution in [3.8, 4) is 0 Å². The number of esters is 1. The van der Waals surface area contributed by atoms with Crippen molar-refractivity contribution in [2.75, 3.05) is 6.61 Å². The van der Waals surface area contributed by atoms with Gasteiger partial charge in [-0.15, -0.1) is 11.3 Å².